The lowest BCUT2D eigenvalue weighted by Crippen LogP contribution is -2.54. The van der Waals surface area contributed by atoms with Gasteiger partial charge in [0.25, 0.3) is 11.8 Å². The van der Waals surface area contributed by atoms with Gasteiger partial charge in [0.05, 0.1) is 11.1 Å². The average molecular weight is 390 g/mol. The van der Waals surface area contributed by atoms with E-state index in [4.69, 9.17) is 0 Å². The van der Waals surface area contributed by atoms with Gasteiger partial charge < -0.3 is 0 Å². The Kier molecular flexibility index (Phi) is 4.78. The van der Waals surface area contributed by atoms with Gasteiger partial charge in [-0.2, -0.15) is 0 Å². The Balaban J connectivity index is 1.64. The summed E-state index contributed by atoms with van der Waals surface area (Å²) < 4.78 is 0. The first-order valence-corrected chi connectivity index (χ1v) is 9.79. The van der Waals surface area contributed by atoms with E-state index in [9.17, 15) is 19.2 Å². The highest BCUT2D eigenvalue weighted by atomic mass is 16.2. The van der Waals surface area contributed by atoms with Gasteiger partial charge in [-0.15, -0.1) is 0 Å². The second-order valence-corrected chi connectivity index (χ2v) is 7.86. The fourth-order valence-corrected chi connectivity index (χ4v) is 3.97. The van der Waals surface area contributed by atoms with Crippen LogP contribution in [0.15, 0.2) is 42.5 Å². The highest BCUT2D eigenvalue weighted by molar-refractivity contribution is 6.24. The smallest absolute Gasteiger partial charge is 0.262 e. The van der Waals surface area contributed by atoms with E-state index in [-0.39, 0.29) is 18.7 Å². The summed E-state index contributed by atoms with van der Waals surface area (Å²) in [6.45, 7) is 4.26. The summed E-state index contributed by atoms with van der Waals surface area (Å²) >= 11 is 0. The standard InChI is InChI=1S/C23H22N2O4/c1-13(2)15-8-6-14(7-9-15)12-16-4-3-5-17-20(16)23(29)25(22(17)28)18-10-11-19(26)24-21(18)27/h3-9,13,18H,10-12H2,1-2H3,(H,24,26,27). The fraction of sp³-hybridized carbons (Fsp3) is 0.304. The molecule has 1 saturated heterocycles. The lowest BCUT2D eigenvalue weighted by molar-refractivity contribution is -0.136. The molecule has 0 bridgehead atoms. The largest absolute Gasteiger partial charge is 0.295 e. The molecule has 0 aliphatic carbocycles. The minimum Gasteiger partial charge on any atom is -0.295 e. The lowest BCUT2D eigenvalue weighted by Gasteiger charge is -2.27. The zero-order chi connectivity index (χ0) is 20.7. The lowest BCUT2D eigenvalue weighted by atomic mass is 9.95. The van der Waals surface area contributed by atoms with Gasteiger partial charge in [0.15, 0.2) is 0 Å². The first-order chi connectivity index (χ1) is 13.9. The van der Waals surface area contributed by atoms with E-state index in [0.717, 1.165) is 16.0 Å². The average Bonchev–Trinajstić information content (AvgIpc) is 2.94. The second-order valence-electron chi connectivity index (χ2n) is 7.86. The number of carbonyl (C=O) groups excluding carboxylic acids is 4. The summed E-state index contributed by atoms with van der Waals surface area (Å²) in [5.41, 5.74) is 3.71. The van der Waals surface area contributed by atoms with Crippen molar-refractivity contribution in [2.45, 2.75) is 45.1 Å². The first-order valence-electron chi connectivity index (χ1n) is 9.79. The number of hydrogen-bond acceptors (Lipinski definition) is 4. The Morgan fingerprint density at radius 1 is 1.00 bits per heavy atom. The molecule has 4 rings (SSSR count). The van der Waals surface area contributed by atoms with E-state index in [1.54, 1.807) is 12.1 Å². The van der Waals surface area contributed by atoms with E-state index in [2.05, 4.69) is 31.3 Å². The molecule has 6 nitrogen and oxygen atoms in total. The minimum atomic E-state index is -0.946. The minimum absolute atomic E-state index is 0.110. The van der Waals surface area contributed by atoms with Gasteiger partial charge in [-0.25, -0.2) is 0 Å². The van der Waals surface area contributed by atoms with E-state index < -0.39 is 23.8 Å². The van der Waals surface area contributed by atoms with Crippen molar-refractivity contribution in [3.8, 4) is 0 Å². The van der Waals surface area contributed by atoms with Crippen LogP contribution in [0.5, 0.6) is 0 Å². The number of nitrogens with zero attached hydrogens (tertiary/aromatic N) is 1. The van der Waals surface area contributed by atoms with Crippen molar-refractivity contribution in [1.82, 2.24) is 10.2 Å². The number of fused-ring (bicyclic) bond motifs is 1. The SMILES string of the molecule is CC(C)c1ccc(Cc2cccc3c2C(=O)N(C2CCC(=O)NC2=O)C3=O)cc1. The van der Waals surface area contributed by atoms with Crippen molar-refractivity contribution in [2.75, 3.05) is 0 Å². The summed E-state index contributed by atoms with van der Waals surface area (Å²) in [5, 5.41) is 2.22. The molecule has 0 radical (unpaired) electrons. The molecule has 2 aliphatic rings. The van der Waals surface area contributed by atoms with Crippen molar-refractivity contribution in [1.29, 1.82) is 0 Å². The Morgan fingerprint density at radius 2 is 1.72 bits per heavy atom. The molecule has 29 heavy (non-hydrogen) atoms. The van der Waals surface area contributed by atoms with Gasteiger partial charge in [0.1, 0.15) is 6.04 Å². The fourth-order valence-electron chi connectivity index (χ4n) is 3.97. The molecule has 0 saturated carbocycles. The molecule has 1 unspecified atom stereocenters. The van der Waals surface area contributed by atoms with Gasteiger partial charge in [-0.1, -0.05) is 50.2 Å². The molecule has 2 heterocycles. The Morgan fingerprint density at radius 3 is 2.38 bits per heavy atom. The molecule has 2 aromatic carbocycles. The molecule has 1 N–H and O–H groups in total. The van der Waals surface area contributed by atoms with Crippen molar-refractivity contribution in [3.63, 3.8) is 0 Å². The van der Waals surface area contributed by atoms with E-state index >= 15 is 0 Å². The number of nitrogens with one attached hydrogen (secondary N) is 1. The molecule has 148 valence electrons. The molecular formula is C23H22N2O4. The quantitative estimate of drug-likeness (QED) is 0.814. The molecule has 4 amide bonds. The van der Waals surface area contributed by atoms with Crippen LogP contribution in [0.1, 0.15) is 70.0 Å². The van der Waals surface area contributed by atoms with Crippen molar-refractivity contribution in [2.24, 2.45) is 0 Å². The maximum absolute atomic E-state index is 13.1. The van der Waals surface area contributed by atoms with E-state index in [0.29, 0.717) is 23.5 Å². The van der Waals surface area contributed by atoms with Crippen molar-refractivity contribution < 1.29 is 19.2 Å². The third-order valence-electron chi connectivity index (χ3n) is 5.60. The van der Waals surface area contributed by atoms with Gasteiger partial charge in [0, 0.05) is 6.42 Å². The van der Waals surface area contributed by atoms with Crippen LogP contribution in [-0.2, 0) is 16.0 Å². The number of hydrogen-bond donors (Lipinski definition) is 1. The van der Waals surface area contributed by atoms with Crippen LogP contribution >= 0.6 is 0 Å². The predicted molar refractivity (Wildman–Crippen MR) is 106 cm³/mol. The molecule has 0 aromatic heterocycles. The highest BCUT2D eigenvalue weighted by Gasteiger charge is 2.45. The monoisotopic (exact) mass is 390 g/mol. The highest BCUT2D eigenvalue weighted by Crippen LogP contribution is 2.31. The van der Waals surface area contributed by atoms with Crippen LogP contribution < -0.4 is 5.32 Å². The van der Waals surface area contributed by atoms with Crippen molar-refractivity contribution >= 4 is 23.6 Å². The number of benzene rings is 2. The summed E-state index contributed by atoms with van der Waals surface area (Å²) in [6, 6.07) is 12.5. The van der Waals surface area contributed by atoms with Crippen LogP contribution in [0, 0.1) is 0 Å². The van der Waals surface area contributed by atoms with Crippen LogP contribution in [0.25, 0.3) is 0 Å². The van der Waals surface area contributed by atoms with Crippen LogP contribution in [0.3, 0.4) is 0 Å². The normalized spacial score (nSPS) is 19.0. The van der Waals surface area contributed by atoms with Crippen LogP contribution in [-0.4, -0.2) is 34.6 Å². The molecule has 2 aliphatic heterocycles. The summed E-state index contributed by atoms with van der Waals surface area (Å²) in [7, 11) is 0. The Bertz CT molecular complexity index is 1020. The Labute approximate surface area is 168 Å². The number of rotatable bonds is 4. The first kappa shape index (κ1) is 19.1. The van der Waals surface area contributed by atoms with Crippen molar-refractivity contribution in [3.05, 3.63) is 70.3 Å². The molecule has 2 aromatic rings. The van der Waals surface area contributed by atoms with Crippen LogP contribution in [0.4, 0.5) is 0 Å². The Hall–Kier alpha value is -3.28. The summed E-state index contributed by atoms with van der Waals surface area (Å²) in [5.74, 6) is -1.48. The third-order valence-corrected chi connectivity index (χ3v) is 5.60. The number of amides is 4. The number of imide groups is 2. The maximum atomic E-state index is 13.1. The molecule has 1 atom stereocenters. The second kappa shape index (κ2) is 7.28. The van der Waals surface area contributed by atoms with Gasteiger partial charge in [-0.3, -0.25) is 29.4 Å². The van der Waals surface area contributed by atoms with Crippen LogP contribution in [0.2, 0.25) is 0 Å². The zero-order valence-electron chi connectivity index (χ0n) is 16.4. The van der Waals surface area contributed by atoms with Gasteiger partial charge in [0.2, 0.25) is 11.8 Å². The van der Waals surface area contributed by atoms with E-state index in [1.165, 1.54) is 5.56 Å². The molecule has 1 fully saturated rings. The summed E-state index contributed by atoms with van der Waals surface area (Å²) in [4.78, 5) is 50.7. The number of piperidine rings is 1. The maximum Gasteiger partial charge on any atom is 0.262 e. The number of carbonyl (C=O) groups is 4. The zero-order valence-corrected chi connectivity index (χ0v) is 16.4. The third kappa shape index (κ3) is 3.35. The molecule has 0 spiro atoms. The topological polar surface area (TPSA) is 83.6 Å². The molecular weight excluding hydrogens is 368 g/mol. The predicted octanol–water partition coefficient (Wildman–Crippen LogP) is 2.80. The summed E-state index contributed by atoms with van der Waals surface area (Å²) in [6.07, 6.45) is 0.782. The molecule has 6 heteroatoms. The van der Waals surface area contributed by atoms with E-state index in [1.807, 2.05) is 18.2 Å². The van der Waals surface area contributed by atoms with Gasteiger partial charge in [-0.05, 0) is 41.5 Å². The van der Waals surface area contributed by atoms with Gasteiger partial charge >= 0.3 is 0 Å².